The highest BCUT2D eigenvalue weighted by atomic mass is 19.4. The number of pyridine rings is 1. The van der Waals surface area contributed by atoms with Crippen molar-refractivity contribution >= 4 is 23.3 Å². The van der Waals surface area contributed by atoms with Gasteiger partial charge >= 0.3 is 12.1 Å². The zero-order chi connectivity index (χ0) is 27.0. The molecule has 5 rings (SSSR count). The van der Waals surface area contributed by atoms with E-state index in [0.29, 0.717) is 16.9 Å². The maximum absolute atomic E-state index is 13.7. The Morgan fingerprint density at radius 3 is 2.37 bits per heavy atom. The number of hydrogen-bond acceptors (Lipinski definition) is 5. The number of rotatable bonds is 5. The molecule has 0 bridgehead atoms. The number of imidazole rings is 1. The molecule has 1 N–H and O–H groups in total. The molecule has 8 nitrogen and oxygen atoms in total. The van der Waals surface area contributed by atoms with Crippen molar-refractivity contribution in [1.82, 2.24) is 19.2 Å². The van der Waals surface area contributed by atoms with Crippen LogP contribution in [0.2, 0.25) is 0 Å². The van der Waals surface area contributed by atoms with Crippen LogP contribution >= 0.6 is 0 Å². The molecule has 1 amide bonds. The Kier molecular flexibility index (Phi) is 6.19. The summed E-state index contributed by atoms with van der Waals surface area (Å²) in [7, 11) is 2.86. The number of ether oxygens (including phenoxy) is 1. The highest BCUT2D eigenvalue weighted by Crippen LogP contribution is 2.37. The van der Waals surface area contributed by atoms with Crippen LogP contribution in [-0.4, -0.2) is 38.2 Å². The van der Waals surface area contributed by atoms with Crippen LogP contribution in [0.25, 0.3) is 28.2 Å². The predicted octanol–water partition coefficient (Wildman–Crippen LogP) is 5.46. The van der Waals surface area contributed by atoms with E-state index in [2.05, 4.69) is 15.4 Å². The third-order valence-electron chi connectivity index (χ3n) is 5.90. The summed E-state index contributed by atoms with van der Waals surface area (Å²) in [5, 5.41) is 6.88. The van der Waals surface area contributed by atoms with Crippen molar-refractivity contribution in [3.05, 3.63) is 95.8 Å². The standard InChI is InChI=1S/C27H20F3N5O3/c1-34-12-11-21(33-34)19-14-17(8-9-20(19)27(28,29)30)25(36)32-24-23(16-6-4-3-5-7-16)31-22-15-18(26(37)38-2)10-13-35(22)24/h3-15H,1-2H3,(H,32,36). The van der Waals surface area contributed by atoms with Gasteiger partial charge in [-0.05, 0) is 36.4 Å². The fourth-order valence-corrected chi connectivity index (χ4v) is 4.09. The van der Waals surface area contributed by atoms with Crippen LogP contribution in [0.4, 0.5) is 19.0 Å². The molecular weight excluding hydrogens is 499 g/mol. The normalized spacial score (nSPS) is 11.5. The first-order valence-electron chi connectivity index (χ1n) is 11.3. The van der Waals surface area contributed by atoms with Gasteiger partial charge in [0.05, 0.1) is 23.9 Å². The van der Waals surface area contributed by atoms with Crippen LogP contribution in [0.3, 0.4) is 0 Å². The van der Waals surface area contributed by atoms with Gasteiger partial charge in [-0.25, -0.2) is 9.78 Å². The lowest BCUT2D eigenvalue weighted by Gasteiger charge is -2.14. The molecule has 5 aromatic rings. The van der Waals surface area contributed by atoms with Gasteiger partial charge in [-0.1, -0.05) is 30.3 Å². The molecule has 2 aromatic carbocycles. The number of methoxy groups -OCH3 is 1. The monoisotopic (exact) mass is 519 g/mol. The van der Waals surface area contributed by atoms with Crippen molar-refractivity contribution in [2.45, 2.75) is 6.18 Å². The Balaban J connectivity index is 1.60. The van der Waals surface area contributed by atoms with Crippen LogP contribution in [0.1, 0.15) is 26.3 Å². The second-order valence-electron chi connectivity index (χ2n) is 8.40. The number of aryl methyl sites for hydroxylation is 1. The third kappa shape index (κ3) is 4.61. The predicted molar refractivity (Wildman–Crippen MR) is 134 cm³/mol. The number of nitrogens with one attached hydrogen (secondary N) is 1. The number of anilines is 1. The van der Waals surface area contributed by atoms with Gasteiger partial charge in [0.25, 0.3) is 5.91 Å². The summed E-state index contributed by atoms with van der Waals surface area (Å²) in [6.45, 7) is 0. The molecule has 3 heterocycles. The second kappa shape index (κ2) is 9.51. The number of carbonyl (C=O) groups excluding carboxylic acids is 2. The summed E-state index contributed by atoms with van der Waals surface area (Å²) in [6.07, 6.45) is -1.56. The number of benzene rings is 2. The SMILES string of the molecule is COC(=O)c1ccn2c(NC(=O)c3ccc(C(F)(F)F)c(-c4ccn(C)n4)c3)c(-c3ccccc3)nc2c1. The van der Waals surface area contributed by atoms with Gasteiger partial charge in [0.2, 0.25) is 0 Å². The first-order chi connectivity index (χ1) is 18.2. The highest BCUT2D eigenvalue weighted by molar-refractivity contribution is 6.06. The minimum atomic E-state index is -4.64. The Hall–Kier alpha value is -4.93. The molecule has 0 fully saturated rings. The lowest BCUT2D eigenvalue weighted by atomic mass is 10.0. The van der Waals surface area contributed by atoms with Crippen LogP contribution < -0.4 is 5.32 Å². The molecule has 38 heavy (non-hydrogen) atoms. The lowest BCUT2D eigenvalue weighted by molar-refractivity contribution is -0.137. The Labute approximate surface area is 214 Å². The largest absolute Gasteiger partial charge is 0.465 e. The summed E-state index contributed by atoms with van der Waals surface area (Å²) in [5.74, 6) is -0.909. The van der Waals surface area contributed by atoms with E-state index < -0.39 is 23.6 Å². The number of carbonyl (C=O) groups is 2. The summed E-state index contributed by atoms with van der Waals surface area (Å²) >= 11 is 0. The van der Waals surface area contributed by atoms with E-state index in [0.717, 1.165) is 12.1 Å². The molecule has 0 unspecified atom stereocenters. The molecule has 0 saturated carbocycles. The molecule has 192 valence electrons. The van der Waals surface area contributed by atoms with E-state index >= 15 is 0 Å². The number of halogens is 3. The summed E-state index contributed by atoms with van der Waals surface area (Å²) in [5.41, 5.74) is 0.709. The van der Waals surface area contributed by atoms with Crippen molar-refractivity contribution in [2.24, 2.45) is 7.05 Å². The first-order valence-corrected chi connectivity index (χ1v) is 11.3. The zero-order valence-electron chi connectivity index (χ0n) is 20.2. The molecule has 0 radical (unpaired) electrons. The van der Waals surface area contributed by atoms with Gasteiger partial charge < -0.3 is 10.1 Å². The Bertz CT molecular complexity index is 1670. The molecule has 0 aliphatic heterocycles. The molecule has 0 spiro atoms. The number of fused-ring (bicyclic) bond motifs is 1. The topological polar surface area (TPSA) is 90.5 Å². The Morgan fingerprint density at radius 2 is 1.71 bits per heavy atom. The summed E-state index contributed by atoms with van der Waals surface area (Å²) in [4.78, 5) is 30.0. The fourth-order valence-electron chi connectivity index (χ4n) is 4.09. The van der Waals surface area contributed by atoms with Gasteiger partial charge in [0.1, 0.15) is 17.2 Å². The van der Waals surface area contributed by atoms with E-state index in [1.807, 2.05) is 6.07 Å². The molecule has 0 atom stereocenters. The minimum absolute atomic E-state index is 0.00112. The molecule has 3 aromatic heterocycles. The van der Waals surface area contributed by atoms with Crippen LogP contribution in [0, 0.1) is 0 Å². The fraction of sp³-hybridized carbons (Fsp3) is 0.111. The van der Waals surface area contributed by atoms with Gasteiger partial charge in [-0.3, -0.25) is 13.9 Å². The minimum Gasteiger partial charge on any atom is -0.465 e. The molecule has 0 aliphatic rings. The number of nitrogens with zero attached hydrogens (tertiary/aromatic N) is 4. The van der Waals surface area contributed by atoms with Gasteiger partial charge in [-0.15, -0.1) is 0 Å². The third-order valence-corrected chi connectivity index (χ3v) is 5.90. The average Bonchev–Trinajstić information content (AvgIpc) is 3.51. The van der Waals surface area contributed by atoms with Crippen LogP contribution in [0.5, 0.6) is 0 Å². The van der Waals surface area contributed by atoms with Crippen molar-refractivity contribution < 1.29 is 27.5 Å². The molecule has 0 aliphatic carbocycles. The van der Waals surface area contributed by atoms with Crippen molar-refractivity contribution in [3.63, 3.8) is 0 Å². The molecule has 11 heteroatoms. The highest BCUT2D eigenvalue weighted by Gasteiger charge is 2.34. The zero-order valence-corrected chi connectivity index (χ0v) is 20.2. The quantitative estimate of drug-likeness (QED) is 0.312. The number of amides is 1. The average molecular weight is 519 g/mol. The smallest absolute Gasteiger partial charge is 0.417 e. The summed E-state index contributed by atoms with van der Waals surface area (Å²) in [6, 6.07) is 16.7. The number of esters is 1. The molecule has 0 saturated heterocycles. The number of alkyl halides is 3. The van der Waals surface area contributed by atoms with E-state index in [1.165, 1.54) is 42.3 Å². The van der Waals surface area contributed by atoms with E-state index in [9.17, 15) is 22.8 Å². The number of aromatic nitrogens is 4. The maximum Gasteiger partial charge on any atom is 0.417 e. The molecular formula is C27H20F3N5O3. The van der Waals surface area contributed by atoms with Crippen molar-refractivity contribution in [2.75, 3.05) is 12.4 Å². The van der Waals surface area contributed by atoms with Crippen LogP contribution in [-0.2, 0) is 18.0 Å². The van der Waals surface area contributed by atoms with Crippen molar-refractivity contribution in [1.29, 1.82) is 0 Å². The van der Waals surface area contributed by atoms with Gasteiger partial charge in [0, 0.05) is 36.1 Å². The first kappa shape index (κ1) is 24.8. The van der Waals surface area contributed by atoms with Crippen molar-refractivity contribution in [3.8, 4) is 22.5 Å². The van der Waals surface area contributed by atoms with E-state index in [4.69, 9.17) is 4.74 Å². The van der Waals surface area contributed by atoms with E-state index in [-0.39, 0.29) is 28.2 Å². The maximum atomic E-state index is 13.7. The number of hydrogen-bond donors (Lipinski definition) is 1. The summed E-state index contributed by atoms with van der Waals surface area (Å²) < 4.78 is 48.9. The Morgan fingerprint density at radius 1 is 0.947 bits per heavy atom. The van der Waals surface area contributed by atoms with Gasteiger partial charge in [-0.2, -0.15) is 18.3 Å². The lowest BCUT2D eigenvalue weighted by Crippen LogP contribution is -2.16. The second-order valence-corrected chi connectivity index (χ2v) is 8.40. The van der Waals surface area contributed by atoms with Crippen LogP contribution in [0.15, 0.2) is 79.1 Å². The van der Waals surface area contributed by atoms with Gasteiger partial charge in [0.15, 0.2) is 0 Å². The van der Waals surface area contributed by atoms with E-state index in [1.54, 1.807) is 41.9 Å².